The van der Waals surface area contributed by atoms with Crippen molar-refractivity contribution < 1.29 is 29.4 Å². The van der Waals surface area contributed by atoms with E-state index in [-0.39, 0.29) is 65.1 Å². The summed E-state index contributed by atoms with van der Waals surface area (Å²) in [6.07, 6.45) is 0.371. The topological polar surface area (TPSA) is 166 Å². The van der Waals surface area contributed by atoms with Crippen molar-refractivity contribution in [1.82, 2.24) is 25.3 Å². The lowest BCUT2D eigenvalue weighted by molar-refractivity contribution is -0.163. The van der Waals surface area contributed by atoms with Gasteiger partial charge in [0.25, 0.3) is 0 Å². The van der Waals surface area contributed by atoms with Crippen molar-refractivity contribution in [2.45, 2.75) is 63.1 Å². The first-order valence-corrected chi connectivity index (χ1v) is 13.5. The summed E-state index contributed by atoms with van der Waals surface area (Å²) in [5.74, 6) is -2.31. The number of likely N-dealkylation sites (tertiary alicyclic amines) is 2. The maximum Gasteiger partial charge on any atom is 0.353 e. The van der Waals surface area contributed by atoms with Crippen LogP contribution in [0.3, 0.4) is 0 Å². The fraction of sp³-hybridized carbons (Fsp3) is 0.708. The summed E-state index contributed by atoms with van der Waals surface area (Å²) in [5.41, 5.74) is 0.00709. The maximum atomic E-state index is 13.3. The van der Waals surface area contributed by atoms with Crippen LogP contribution >= 0.6 is 11.8 Å². The monoisotopic (exact) mass is 536 g/mol. The Bertz CT molecular complexity index is 1030. The predicted octanol–water partition coefficient (Wildman–Crippen LogP) is -0.750. The smallest absolute Gasteiger partial charge is 0.353 e. The van der Waals surface area contributed by atoms with E-state index in [1.165, 1.54) is 16.7 Å². The number of hydrogen-bond acceptors (Lipinski definition) is 8. The molecule has 0 radical (unpaired) electrons. The minimum absolute atomic E-state index is 0.00381. The number of rotatable bonds is 8. The maximum absolute atomic E-state index is 13.3. The van der Waals surface area contributed by atoms with E-state index < -0.39 is 18.0 Å². The molecule has 3 saturated heterocycles. The molecule has 4 aliphatic heterocycles. The summed E-state index contributed by atoms with van der Waals surface area (Å²) in [6, 6.07) is -0.830. The minimum atomic E-state index is -1.15. The van der Waals surface area contributed by atoms with Gasteiger partial charge in [-0.3, -0.25) is 24.7 Å². The molecule has 7 atom stereocenters. The van der Waals surface area contributed by atoms with Crippen molar-refractivity contribution in [1.29, 1.82) is 5.41 Å². The Morgan fingerprint density at radius 1 is 1.27 bits per heavy atom. The zero-order chi connectivity index (χ0) is 27.2. The van der Waals surface area contributed by atoms with Gasteiger partial charge >= 0.3 is 5.97 Å². The van der Waals surface area contributed by atoms with Gasteiger partial charge in [0, 0.05) is 41.7 Å². The van der Waals surface area contributed by atoms with E-state index in [0.29, 0.717) is 37.4 Å². The molecule has 0 spiro atoms. The van der Waals surface area contributed by atoms with Gasteiger partial charge in [-0.25, -0.2) is 4.79 Å². The van der Waals surface area contributed by atoms with Crippen LogP contribution in [0.1, 0.15) is 33.6 Å². The average molecular weight is 537 g/mol. The Kier molecular flexibility index (Phi) is 7.86. The van der Waals surface area contributed by atoms with Gasteiger partial charge in [-0.1, -0.05) is 6.92 Å². The molecule has 0 saturated carbocycles. The third-order valence-corrected chi connectivity index (χ3v) is 9.27. The largest absolute Gasteiger partial charge is 0.477 e. The van der Waals surface area contributed by atoms with E-state index >= 15 is 0 Å². The number of nitrogens with zero attached hydrogens (tertiary/aromatic N) is 3. The Labute approximate surface area is 220 Å². The van der Waals surface area contributed by atoms with Gasteiger partial charge in [-0.15, -0.1) is 11.8 Å². The molecule has 37 heavy (non-hydrogen) atoms. The van der Waals surface area contributed by atoms with Crippen LogP contribution in [0.15, 0.2) is 10.6 Å². The summed E-state index contributed by atoms with van der Waals surface area (Å²) >= 11 is 1.44. The normalized spacial score (nSPS) is 32.3. The van der Waals surface area contributed by atoms with Gasteiger partial charge in [0.15, 0.2) is 0 Å². The molecular weight excluding hydrogens is 500 g/mol. The number of carboxylic acids is 1. The minimum Gasteiger partial charge on any atom is -0.477 e. The van der Waals surface area contributed by atoms with Crippen LogP contribution in [0.2, 0.25) is 0 Å². The summed E-state index contributed by atoms with van der Waals surface area (Å²) in [6.45, 7) is 6.63. The predicted molar refractivity (Wildman–Crippen MR) is 137 cm³/mol. The van der Waals surface area contributed by atoms with Gasteiger partial charge in [0.05, 0.1) is 36.5 Å². The fourth-order valence-corrected chi connectivity index (χ4v) is 7.56. The van der Waals surface area contributed by atoms with E-state index in [1.807, 2.05) is 18.9 Å². The molecule has 3 fully saturated rings. The number of carbonyl (C=O) groups excluding carboxylic acids is 3. The molecule has 12 nitrogen and oxygen atoms in total. The second-order valence-corrected chi connectivity index (χ2v) is 11.9. The number of likely N-dealkylation sites (N-methyl/N-ethyl adjacent to an activating group) is 1. The number of hydrogen-bond donors (Lipinski definition) is 5. The van der Waals surface area contributed by atoms with E-state index in [4.69, 9.17) is 5.41 Å². The number of aliphatic hydroxyl groups is 1. The molecule has 3 amide bonds. The molecule has 0 aliphatic carbocycles. The van der Waals surface area contributed by atoms with E-state index in [9.17, 15) is 29.4 Å². The first-order chi connectivity index (χ1) is 17.4. The molecule has 0 bridgehead atoms. The number of nitrogens with one attached hydrogen (secondary N) is 3. The lowest BCUT2D eigenvalue weighted by Crippen LogP contribution is -2.63. The summed E-state index contributed by atoms with van der Waals surface area (Å²) < 4.78 is 0. The summed E-state index contributed by atoms with van der Waals surface area (Å²) in [7, 11) is 1.88. The molecule has 0 aromatic carbocycles. The number of amidine groups is 1. The van der Waals surface area contributed by atoms with Crippen molar-refractivity contribution >= 4 is 41.3 Å². The van der Waals surface area contributed by atoms with Gasteiger partial charge in [0.2, 0.25) is 17.7 Å². The quantitative estimate of drug-likeness (QED) is 0.152. The highest BCUT2D eigenvalue weighted by Crippen LogP contribution is 2.52. The zero-order valence-corrected chi connectivity index (χ0v) is 22.4. The van der Waals surface area contributed by atoms with Crippen LogP contribution in [0.5, 0.6) is 0 Å². The fourth-order valence-electron chi connectivity index (χ4n) is 5.97. The number of aliphatic hydroxyl groups excluding tert-OH is 1. The van der Waals surface area contributed by atoms with Gasteiger partial charge < -0.3 is 30.6 Å². The standard InChI is InChI=1S/C24H36N6O6S/c1-11-19-18(12(2)31)23(34)30(19)20(24(35)36)21(11)37-15-7-16(28(4)10-15)22(33)29-6-5-14(9-29)27-17(32)8-26-13(3)25/h11-12,14-16,18-19,31H,5-10H2,1-4H3,(H2,25,26)(H,27,32)(H,35,36)/t11-,12-,14+,15+,16+,18-,19-/m1/s1. The van der Waals surface area contributed by atoms with Crippen molar-refractivity contribution in [3.8, 4) is 0 Å². The molecule has 4 aliphatic rings. The van der Waals surface area contributed by atoms with Crippen molar-refractivity contribution in [2.24, 2.45) is 11.8 Å². The van der Waals surface area contributed by atoms with E-state index in [1.54, 1.807) is 18.7 Å². The molecule has 13 heteroatoms. The molecule has 4 heterocycles. The number of amides is 3. The first kappa shape index (κ1) is 27.4. The first-order valence-electron chi connectivity index (χ1n) is 12.6. The number of aliphatic carboxylic acids is 1. The zero-order valence-electron chi connectivity index (χ0n) is 21.6. The SMILES string of the molecule is CC(=N)NCC(=O)N[C@H]1CCN(C(=O)[C@@H]2C[C@H](SC3=C(C(=O)O)N4C(=O)[C@H]([C@@H](C)O)[C@H]4[C@H]3C)CN2C)C1. The molecule has 204 valence electrons. The highest BCUT2D eigenvalue weighted by molar-refractivity contribution is 8.03. The van der Waals surface area contributed by atoms with Crippen molar-refractivity contribution in [2.75, 3.05) is 33.2 Å². The molecule has 5 N–H and O–H groups in total. The lowest BCUT2D eigenvalue weighted by Gasteiger charge is -2.46. The van der Waals surface area contributed by atoms with Crippen LogP contribution < -0.4 is 10.6 Å². The highest BCUT2D eigenvalue weighted by Gasteiger charge is 2.60. The molecule has 4 rings (SSSR count). The summed E-state index contributed by atoms with van der Waals surface area (Å²) in [5, 5.41) is 32.9. The van der Waals surface area contributed by atoms with Crippen molar-refractivity contribution in [3.05, 3.63) is 10.6 Å². The van der Waals surface area contributed by atoms with Crippen LogP contribution in [0.4, 0.5) is 0 Å². The highest BCUT2D eigenvalue weighted by atomic mass is 32.2. The Hall–Kier alpha value is -2.64. The van der Waals surface area contributed by atoms with Crippen LogP contribution in [0.25, 0.3) is 0 Å². The number of carboxylic acid groups (broad SMARTS) is 1. The van der Waals surface area contributed by atoms with Gasteiger partial charge in [-0.2, -0.15) is 0 Å². The number of fused-ring (bicyclic) bond motifs is 1. The number of β-lactam (4-membered cyclic amide) rings is 1. The van der Waals surface area contributed by atoms with Gasteiger partial charge in [0.1, 0.15) is 5.70 Å². The molecular formula is C24H36N6O6S. The number of carbonyl (C=O) groups is 4. The Morgan fingerprint density at radius 2 is 1.97 bits per heavy atom. The lowest BCUT2D eigenvalue weighted by atomic mass is 9.79. The number of thioether (sulfide) groups is 1. The van der Waals surface area contributed by atoms with Crippen LogP contribution in [-0.2, 0) is 19.2 Å². The van der Waals surface area contributed by atoms with Gasteiger partial charge in [-0.05, 0) is 33.7 Å². The molecule has 0 unspecified atom stereocenters. The Morgan fingerprint density at radius 3 is 2.59 bits per heavy atom. The third kappa shape index (κ3) is 5.21. The molecule has 0 aromatic heterocycles. The Balaban J connectivity index is 1.36. The molecule has 0 aromatic rings. The summed E-state index contributed by atoms with van der Waals surface area (Å²) in [4.78, 5) is 55.8. The third-order valence-electron chi connectivity index (χ3n) is 7.78. The van der Waals surface area contributed by atoms with Crippen molar-refractivity contribution in [3.63, 3.8) is 0 Å². The second kappa shape index (κ2) is 10.6. The van der Waals surface area contributed by atoms with E-state index in [0.717, 1.165) is 0 Å². The second-order valence-electron chi connectivity index (χ2n) is 10.5. The average Bonchev–Trinajstić information content (AvgIpc) is 3.48. The van der Waals surface area contributed by atoms with E-state index in [2.05, 4.69) is 10.6 Å². The van der Waals surface area contributed by atoms with Crippen LogP contribution in [0, 0.1) is 17.2 Å². The van der Waals surface area contributed by atoms with Crippen LogP contribution in [-0.4, -0.2) is 117 Å².